The lowest BCUT2D eigenvalue weighted by atomic mass is 9.99. The highest BCUT2D eigenvalue weighted by Crippen LogP contribution is 2.31. The van der Waals surface area contributed by atoms with Crippen molar-refractivity contribution in [3.63, 3.8) is 0 Å². The zero-order chi connectivity index (χ0) is 20.6. The minimum Gasteiger partial charge on any atom is -0.593 e. The quantitative estimate of drug-likeness (QED) is 0.640. The lowest BCUT2D eigenvalue weighted by molar-refractivity contribution is 0.283. The first-order chi connectivity index (χ1) is 13.8. The first-order valence-corrected chi connectivity index (χ1v) is 11.2. The number of rotatable bonds is 4. The molecule has 1 aromatic heterocycles. The second kappa shape index (κ2) is 7.87. The van der Waals surface area contributed by atoms with Gasteiger partial charge in [0.2, 0.25) is 0 Å². The number of aromatic amines is 1. The van der Waals surface area contributed by atoms with Crippen molar-refractivity contribution in [1.82, 2.24) is 19.1 Å². The second-order valence-corrected chi connectivity index (χ2v) is 9.59. The summed E-state index contributed by atoms with van der Waals surface area (Å²) in [6.45, 7) is 2.65. The van der Waals surface area contributed by atoms with Gasteiger partial charge in [-0.25, -0.2) is 4.79 Å². The average molecular weight is 433 g/mol. The summed E-state index contributed by atoms with van der Waals surface area (Å²) in [4.78, 5) is 15.4. The molecule has 29 heavy (non-hydrogen) atoms. The molecule has 2 heterocycles. The van der Waals surface area contributed by atoms with Crippen molar-refractivity contribution >= 4 is 22.0 Å². The molecular weight excluding hydrogens is 412 g/mol. The second-order valence-electron chi connectivity index (χ2n) is 7.22. The van der Waals surface area contributed by atoms with E-state index in [1.807, 2.05) is 6.92 Å². The molecule has 0 bridgehead atoms. The molecule has 1 aliphatic rings. The molecule has 2 atom stereocenters. The Morgan fingerprint density at radius 2 is 1.86 bits per heavy atom. The van der Waals surface area contributed by atoms with Crippen molar-refractivity contribution in [2.45, 2.75) is 30.6 Å². The fourth-order valence-corrected chi connectivity index (χ4v) is 5.17. The standard InChI is InChI=1S/C20H21ClN4O3S/c1-14-4-10-18(11-5-14)29(27,28)24-12-2-3-15(13-24)19-22-20(26)25(23-19)17-8-6-16(21)7-9-17/h4-11,15H,2-3,12-13H2,1H3,(H-,22,23,26,27,28). The van der Waals surface area contributed by atoms with Crippen LogP contribution in [-0.2, 0) is 14.6 Å². The summed E-state index contributed by atoms with van der Waals surface area (Å²) in [6.07, 6.45) is 1.46. The number of sulfonamides is 1. The van der Waals surface area contributed by atoms with Crippen LogP contribution in [0.5, 0.6) is 0 Å². The number of aryl methyl sites for hydroxylation is 1. The van der Waals surface area contributed by atoms with E-state index in [2.05, 4.69) is 10.1 Å². The minimum absolute atomic E-state index is 0.176. The number of hydrogen-bond acceptors (Lipinski definition) is 4. The Morgan fingerprint density at radius 3 is 2.55 bits per heavy atom. The molecular formula is C20H21ClN4O3S. The zero-order valence-corrected chi connectivity index (χ0v) is 17.4. The molecule has 2 unspecified atom stereocenters. The van der Waals surface area contributed by atoms with Crippen LogP contribution in [0.15, 0.2) is 58.2 Å². The van der Waals surface area contributed by atoms with Gasteiger partial charge in [-0.15, -0.1) is 9.40 Å². The Balaban J connectivity index is 1.58. The fourth-order valence-electron chi connectivity index (χ4n) is 3.52. The summed E-state index contributed by atoms with van der Waals surface area (Å²) in [5.74, 6) is 0.318. The number of benzene rings is 2. The van der Waals surface area contributed by atoms with Gasteiger partial charge in [0.15, 0.2) is 15.3 Å². The van der Waals surface area contributed by atoms with Crippen molar-refractivity contribution in [2.24, 2.45) is 0 Å². The maximum atomic E-state index is 13.0. The summed E-state index contributed by atoms with van der Waals surface area (Å²) >= 11 is 5.91. The van der Waals surface area contributed by atoms with Gasteiger partial charge in [-0.05, 0) is 56.2 Å². The fraction of sp³-hybridized carbons (Fsp3) is 0.300. The lowest BCUT2D eigenvalue weighted by Gasteiger charge is -2.33. The van der Waals surface area contributed by atoms with Crippen molar-refractivity contribution in [1.29, 1.82) is 0 Å². The largest absolute Gasteiger partial charge is 0.593 e. The van der Waals surface area contributed by atoms with Crippen molar-refractivity contribution < 1.29 is 8.76 Å². The molecule has 0 amide bonds. The Kier molecular flexibility index (Phi) is 5.44. The molecule has 152 valence electrons. The molecule has 0 aliphatic carbocycles. The van der Waals surface area contributed by atoms with E-state index in [-0.39, 0.29) is 23.0 Å². The van der Waals surface area contributed by atoms with Gasteiger partial charge >= 0.3 is 5.69 Å². The molecule has 3 aromatic rings. The van der Waals surface area contributed by atoms with Gasteiger partial charge in [0, 0.05) is 17.5 Å². The maximum absolute atomic E-state index is 13.0. The van der Waals surface area contributed by atoms with Crippen molar-refractivity contribution in [2.75, 3.05) is 13.1 Å². The normalized spacial score (nSPS) is 19.8. The van der Waals surface area contributed by atoms with Crippen LogP contribution in [0.25, 0.3) is 5.69 Å². The predicted molar refractivity (Wildman–Crippen MR) is 111 cm³/mol. The van der Waals surface area contributed by atoms with Gasteiger partial charge < -0.3 is 4.55 Å². The topological polar surface area (TPSA) is 94.0 Å². The van der Waals surface area contributed by atoms with Crippen molar-refractivity contribution in [3.8, 4) is 5.69 Å². The lowest BCUT2D eigenvalue weighted by Crippen LogP contribution is -2.43. The van der Waals surface area contributed by atoms with E-state index in [4.69, 9.17) is 11.6 Å². The van der Waals surface area contributed by atoms with Crippen LogP contribution >= 0.6 is 11.6 Å². The van der Waals surface area contributed by atoms with Gasteiger partial charge in [0.1, 0.15) is 5.82 Å². The molecule has 9 heteroatoms. The number of aromatic nitrogens is 3. The van der Waals surface area contributed by atoms with E-state index in [0.717, 1.165) is 12.0 Å². The average Bonchev–Trinajstić information content (AvgIpc) is 3.11. The smallest absolute Gasteiger partial charge is 0.348 e. The minimum atomic E-state index is -3.59. The molecule has 1 aliphatic heterocycles. The van der Waals surface area contributed by atoms with E-state index in [1.54, 1.807) is 48.5 Å². The number of H-pyrrole nitrogens is 1. The number of nitrogens with zero attached hydrogens (tertiary/aromatic N) is 3. The van der Waals surface area contributed by atoms with Crippen LogP contribution in [0.4, 0.5) is 0 Å². The van der Waals surface area contributed by atoms with E-state index < -0.39 is 10.4 Å². The monoisotopic (exact) mass is 432 g/mol. The zero-order valence-electron chi connectivity index (χ0n) is 15.9. The molecule has 0 radical (unpaired) electrons. The third-order valence-corrected chi connectivity index (χ3v) is 7.27. The van der Waals surface area contributed by atoms with E-state index in [9.17, 15) is 13.6 Å². The molecule has 7 nitrogen and oxygen atoms in total. The van der Waals surface area contributed by atoms with Gasteiger partial charge in [-0.2, -0.15) is 4.68 Å². The number of hydrogen-bond donors (Lipinski definition) is 1. The molecule has 0 saturated carbocycles. The maximum Gasteiger partial charge on any atom is 0.348 e. The summed E-state index contributed by atoms with van der Waals surface area (Å²) in [7, 11) is -3.59. The molecule has 0 spiro atoms. The van der Waals surface area contributed by atoms with Crippen LogP contribution in [0, 0.1) is 6.92 Å². The molecule has 1 fully saturated rings. The third kappa shape index (κ3) is 4.06. The Morgan fingerprint density at radius 1 is 1.17 bits per heavy atom. The van der Waals surface area contributed by atoms with Crippen LogP contribution in [0.2, 0.25) is 5.02 Å². The Bertz CT molecular complexity index is 1110. The Labute approximate surface area is 174 Å². The van der Waals surface area contributed by atoms with Gasteiger partial charge in [-0.1, -0.05) is 33.5 Å². The number of piperidine rings is 1. The SMILES string of the molecule is Cc1ccc([S+](=O)([O-])N2CCCC(c3nn(-c4ccc(Cl)cc4)c(=O)[nH]3)C2)cc1. The van der Waals surface area contributed by atoms with E-state index >= 15 is 0 Å². The molecule has 2 aromatic carbocycles. The highest BCUT2D eigenvalue weighted by Gasteiger charge is 2.36. The number of nitrogens with one attached hydrogen (secondary N) is 1. The Hall–Kier alpha value is -2.26. The summed E-state index contributed by atoms with van der Waals surface area (Å²) in [5.41, 5.74) is 1.24. The number of halogens is 1. The summed E-state index contributed by atoms with van der Waals surface area (Å²) in [5, 5.41) is 4.99. The van der Waals surface area contributed by atoms with Crippen LogP contribution in [-0.4, -0.2) is 36.7 Å². The summed E-state index contributed by atoms with van der Waals surface area (Å²) in [6, 6.07) is 13.6. The molecule has 1 N–H and O–H groups in total. The van der Waals surface area contributed by atoms with Crippen LogP contribution < -0.4 is 5.69 Å². The first kappa shape index (κ1) is 20.0. The first-order valence-electron chi connectivity index (χ1n) is 9.36. The van der Waals surface area contributed by atoms with Crippen molar-refractivity contribution in [3.05, 3.63) is 75.4 Å². The third-order valence-electron chi connectivity index (χ3n) is 5.14. The molecule has 1 saturated heterocycles. The summed E-state index contributed by atoms with van der Waals surface area (Å²) < 4.78 is 28.8. The molecule has 4 rings (SSSR count). The van der Waals surface area contributed by atoms with Gasteiger partial charge in [0.25, 0.3) is 0 Å². The van der Waals surface area contributed by atoms with Crippen LogP contribution in [0.1, 0.15) is 30.1 Å². The van der Waals surface area contributed by atoms with Gasteiger partial charge in [0.05, 0.1) is 12.2 Å². The highest BCUT2D eigenvalue weighted by atomic mass is 35.5. The van der Waals surface area contributed by atoms with E-state index in [1.165, 1.54) is 8.99 Å². The van der Waals surface area contributed by atoms with Gasteiger partial charge in [-0.3, -0.25) is 4.98 Å². The van der Waals surface area contributed by atoms with Crippen LogP contribution in [0.3, 0.4) is 0 Å². The van der Waals surface area contributed by atoms with E-state index in [0.29, 0.717) is 29.5 Å². The predicted octanol–water partition coefficient (Wildman–Crippen LogP) is 3.31. The highest BCUT2D eigenvalue weighted by molar-refractivity contribution is 7.95.